The SMILES string of the molecule is COC(=O)[C@@H](C(C)C)N1c2ccc(Cl)cc2C(C)=CC1(C)C. The largest absolute Gasteiger partial charge is 0.467 e. The Morgan fingerprint density at radius 2 is 1.95 bits per heavy atom. The van der Waals surface area contributed by atoms with E-state index >= 15 is 0 Å². The van der Waals surface area contributed by atoms with E-state index in [1.807, 2.05) is 32.0 Å². The number of hydrogen-bond acceptors (Lipinski definition) is 3. The second-order valence-corrected chi connectivity index (χ2v) is 7.16. The van der Waals surface area contributed by atoms with E-state index in [2.05, 4.69) is 31.7 Å². The zero-order valence-corrected chi connectivity index (χ0v) is 14.9. The van der Waals surface area contributed by atoms with Gasteiger partial charge in [0.25, 0.3) is 0 Å². The van der Waals surface area contributed by atoms with Gasteiger partial charge in [-0.1, -0.05) is 31.5 Å². The van der Waals surface area contributed by atoms with Crippen molar-refractivity contribution in [2.75, 3.05) is 12.0 Å². The third-order valence-electron chi connectivity index (χ3n) is 4.19. The van der Waals surface area contributed by atoms with Crippen molar-refractivity contribution in [1.82, 2.24) is 0 Å². The van der Waals surface area contributed by atoms with E-state index in [4.69, 9.17) is 16.3 Å². The maximum Gasteiger partial charge on any atom is 0.328 e. The van der Waals surface area contributed by atoms with Crippen LogP contribution in [0.5, 0.6) is 0 Å². The molecule has 0 aromatic heterocycles. The molecule has 1 aromatic rings. The van der Waals surface area contributed by atoms with Gasteiger partial charge in [0, 0.05) is 16.3 Å². The van der Waals surface area contributed by atoms with Crippen molar-refractivity contribution in [3.8, 4) is 0 Å². The second kappa shape index (κ2) is 5.96. The number of rotatable bonds is 3. The summed E-state index contributed by atoms with van der Waals surface area (Å²) < 4.78 is 5.06. The van der Waals surface area contributed by atoms with Crippen LogP contribution in [0, 0.1) is 5.92 Å². The van der Waals surface area contributed by atoms with Gasteiger partial charge in [-0.3, -0.25) is 0 Å². The molecule has 1 aliphatic heterocycles. The number of carbonyl (C=O) groups is 1. The molecule has 1 atom stereocenters. The summed E-state index contributed by atoms with van der Waals surface area (Å²) in [6, 6.07) is 5.48. The van der Waals surface area contributed by atoms with E-state index in [1.165, 1.54) is 12.7 Å². The van der Waals surface area contributed by atoms with Crippen LogP contribution >= 0.6 is 11.6 Å². The van der Waals surface area contributed by atoms with Crippen LogP contribution in [0.1, 0.15) is 40.2 Å². The van der Waals surface area contributed by atoms with E-state index < -0.39 is 0 Å². The Kier molecular flexibility index (Phi) is 4.57. The molecule has 1 heterocycles. The summed E-state index contributed by atoms with van der Waals surface area (Å²) in [6.07, 6.45) is 2.18. The van der Waals surface area contributed by atoms with Gasteiger partial charge >= 0.3 is 5.97 Å². The van der Waals surface area contributed by atoms with Gasteiger partial charge in [0.1, 0.15) is 6.04 Å². The van der Waals surface area contributed by atoms with Gasteiger partial charge in [0.2, 0.25) is 0 Å². The standard InChI is InChI=1S/C18H24ClNO2/c1-11(2)16(17(21)22-6)20-15-8-7-13(19)9-14(15)12(3)10-18(20,4)5/h7-11,16H,1-6H3/t16-/m1/s1. The number of carbonyl (C=O) groups excluding carboxylic acids is 1. The number of benzene rings is 1. The minimum atomic E-state index is -0.343. The van der Waals surface area contributed by atoms with Crippen LogP contribution in [0.15, 0.2) is 24.3 Å². The van der Waals surface area contributed by atoms with Crippen molar-refractivity contribution < 1.29 is 9.53 Å². The highest BCUT2D eigenvalue weighted by atomic mass is 35.5. The fourth-order valence-electron chi connectivity index (χ4n) is 3.33. The zero-order valence-electron chi connectivity index (χ0n) is 14.1. The van der Waals surface area contributed by atoms with Crippen molar-refractivity contribution in [3.63, 3.8) is 0 Å². The van der Waals surface area contributed by atoms with Crippen molar-refractivity contribution in [1.29, 1.82) is 0 Å². The summed E-state index contributed by atoms with van der Waals surface area (Å²) >= 11 is 6.16. The third-order valence-corrected chi connectivity index (χ3v) is 4.42. The Balaban J connectivity index is 2.65. The van der Waals surface area contributed by atoms with Crippen LogP contribution in [0.3, 0.4) is 0 Å². The molecule has 0 bridgehead atoms. The topological polar surface area (TPSA) is 29.5 Å². The van der Waals surface area contributed by atoms with Gasteiger partial charge in [-0.2, -0.15) is 0 Å². The molecule has 2 rings (SSSR count). The van der Waals surface area contributed by atoms with Gasteiger partial charge in [-0.05, 0) is 50.5 Å². The molecular formula is C18H24ClNO2. The number of nitrogens with zero attached hydrogens (tertiary/aromatic N) is 1. The number of halogens is 1. The predicted molar refractivity (Wildman–Crippen MR) is 92.3 cm³/mol. The molecule has 0 unspecified atom stereocenters. The highest BCUT2D eigenvalue weighted by molar-refractivity contribution is 6.30. The van der Waals surface area contributed by atoms with Crippen molar-refractivity contribution >= 4 is 28.8 Å². The molecule has 1 aliphatic rings. The summed E-state index contributed by atoms with van der Waals surface area (Å²) in [4.78, 5) is 14.5. The first kappa shape index (κ1) is 16.9. The maximum atomic E-state index is 12.4. The molecule has 0 fully saturated rings. The fourth-order valence-corrected chi connectivity index (χ4v) is 3.50. The van der Waals surface area contributed by atoms with E-state index in [9.17, 15) is 4.79 Å². The molecule has 1 aromatic carbocycles. The smallest absolute Gasteiger partial charge is 0.328 e. The molecule has 0 saturated carbocycles. The van der Waals surface area contributed by atoms with E-state index in [0.29, 0.717) is 5.02 Å². The first-order chi connectivity index (χ1) is 10.2. The monoisotopic (exact) mass is 321 g/mol. The zero-order chi connectivity index (χ0) is 16.7. The average molecular weight is 322 g/mol. The molecule has 0 radical (unpaired) electrons. The van der Waals surface area contributed by atoms with E-state index in [-0.39, 0.29) is 23.5 Å². The van der Waals surface area contributed by atoms with Gasteiger partial charge in [0.05, 0.1) is 12.6 Å². The highest BCUT2D eigenvalue weighted by Crippen LogP contribution is 2.42. The lowest BCUT2D eigenvalue weighted by molar-refractivity contribution is -0.143. The van der Waals surface area contributed by atoms with Crippen LogP contribution in [-0.2, 0) is 9.53 Å². The summed E-state index contributed by atoms with van der Waals surface area (Å²) in [6.45, 7) is 10.4. The van der Waals surface area contributed by atoms with Crippen molar-refractivity contribution in [2.45, 2.75) is 46.2 Å². The molecule has 22 heavy (non-hydrogen) atoms. The summed E-state index contributed by atoms with van der Waals surface area (Å²) in [5, 5.41) is 0.699. The minimum absolute atomic E-state index is 0.127. The Hall–Kier alpha value is -1.48. The Morgan fingerprint density at radius 1 is 1.32 bits per heavy atom. The molecule has 3 nitrogen and oxygen atoms in total. The highest BCUT2D eigenvalue weighted by Gasteiger charge is 2.41. The molecule has 0 saturated heterocycles. The number of anilines is 1. The van der Waals surface area contributed by atoms with Gasteiger partial charge < -0.3 is 9.64 Å². The van der Waals surface area contributed by atoms with Gasteiger partial charge in [0.15, 0.2) is 0 Å². The van der Waals surface area contributed by atoms with Crippen LogP contribution in [-0.4, -0.2) is 24.7 Å². The maximum absolute atomic E-state index is 12.4. The van der Waals surface area contributed by atoms with Crippen LogP contribution in [0.4, 0.5) is 5.69 Å². The number of hydrogen-bond donors (Lipinski definition) is 0. The Morgan fingerprint density at radius 3 is 2.50 bits per heavy atom. The van der Waals surface area contributed by atoms with Crippen LogP contribution < -0.4 is 4.90 Å². The number of ether oxygens (including phenoxy) is 1. The Labute approximate surface area is 137 Å². The quantitative estimate of drug-likeness (QED) is 0.765. The molecule has 0 amide bonds. The fraction of sp³-hybridized carbons (Fsp3) is 0.500. The van der Waals surface area contributed by atoms with Crippen molar-refractivity contribution in [3.05, 3.63) is 34.9 Å². The first-order valence-electron chi connectivity index (χ1n) is 7.55. The normalized spacial score (nSPS) is 17.8. The summed E-state index contributed by atoms with van der Waals surface area (Å²) in [5.41, 5.74) is 2.99. The first-order valence-corrected chi connectivity index (χ1v) is 7.93. The Bertz CT molecular complexity index is 620. The predicted octanol–water partition coefficient (Wildman–Crippen LogP) is 4.54. The van der Waals surface area contributed by atoms with Crippen molar-refractivity contribution in [2.24, 2.45) is 5.92 Å². The second-order valence-electron chi connectivity index (χ2n) is 6.72. The molecular weight excluding hydrogens is 298 g/mol. The molecule has 4 heteroatoms. The summed E-state index contributed by atoms with van der Waals surface area (Å²) in [5.74, 6) is -0.0843. The van der Waals surface area contributed by atoms with E-state index in [0.717, 1.165) is 11.3 Å². The molecule has 120 valence electrons. The van der Waals surface area contributed by atoms with Gasteiger partial charge in [-0.15, -0.1) is 0 Å². The number of methoxy groups -OCH3 is 1. The van der Waals surface area contributed by atoms with E-state index in [1.54, 1.807) is 0 Å². The molecule has 0 N–H and O–H groups in total. The third kappa shape index (κ3) is 2.87. The lowest BCUT2D eigenvalue weighted by Gasteiger charge is -2.48. The molecule has 0 spiro atoms. The lowest BCUT2D eigenvalue weighted by atomic mass is 9.85. The molecule has 0 aliphatic carbocycles. The minimum Gasteiger partial charge on any atom is -0.467 e. The lowest BCUT2D eigenvalue weighted by Crippen LogP contribution is -2.56. The number of esters is 1. The number of allylic oxidation sites excluding steroid dienone is 1. The summed E-state index contributed by atoms with van der Waals surface area (Å²) in [7, 11) is 1.44. The van der Waals surface area contributed by atoms with Crippen LogP contribution in [0.25, 0.3) is 5.57 Å². The number of fused-ring (bicyclic) bond motifs is 1. The van der Waals surface area contributed by atoms with Crippen LogP contribution in [0.2, 0.25) is 5.02 Å². The van der Waals surface area contributed by atoms with Gasteiger partial charge in [-0.25, -0.2) is 4.79 Å². The average Bonchev–Trinajstić information content (AvgIpc) is 2.42.